The summed E-state index contributed by atoms with van der Waals surface area (Å²) in [5.41, 5.74) is 8.36. The molecule has 5 nitrogen and oxygen atoms in total. The van der Waals surface area contributed by atoms with E-state index in [1.165, 1.54) is 17.2 Å². The number of anilines is 1. The maximum absolute atomic E-state index is 6.28. The van der Waals surface area contributed by atoms with E-state index in [9.17, 15) is 0 Å². The number of hydrogen-bond donors (Lipinski definition) is 2. The van der Waals surface area contributed by atoms with E-state index in [-0.39, 0.29) is 0 Å². The largest absolute Gasteiger partial charge is 0.391 e. The molecule has 1 aliphatic carbocycles. The highest BCUT2D eigenvalue weighted by Gasteiger charge is 2.19. The van der Waals surface area contributed by atoms with Crippen LogP contribution in [0.5, 0.6) is 0 Å². The van der Waals surface area contributed by atoms with E-state index in [2.05, 4.69) is 46.2 Å². The third-order valence-corrected chi connectivity index (χ3v) is 5.22. The molecule has 0 saturated carbocycles. The maximum atomic E-state index is 6.28. The fourth-order valence-corrected chi connectivity index (χ4v) is 3.90. The molecule has 0 amide bonds. The summed E-state index contributed by atoms with van der Waals surface area (Å²) in [5.74, 6) is 2.31. The lowest BCUT2D eigenvalue weighted by atomic mass is 10.0. The van der Waals surface area contributed by atoms with Gasteiger partial charge in [-0.3, -0.25) is 0 Å². The molecule has 0 saturated heterocycles. The summed E-state index contributed by atoms with van der Waals surface area (Å²) in [5, 5.41) is 5.62. The second kappa shape index (κ2) is 6.90. The van der Waals surface area contributed by atoms with Crippen molar-refractivity contribution in [1.82, 2.24) is 19.9 Å². The molecule has 1 atom stereocenters. The Bertz CT molecular complexity index is 922. The standard InChI is InChI=1S/C20H27N5/c1-2-3-10-17-24-18-19(25(17)13-14-7-6-11-22-12-14)15-8-4-5-9-16(15)23-20(18)21/h6,8-9,11,14,22H,2-5,7,10,12-13H2,1H3,(H2,21,23). The summed E-state index contributed by atoms with van der Waals surface area (Å²) in [4.78, 5) is 9.54. The Labute approximate surface area is 148 Å². The quantitative estimate of drug-likeness (QED) is 0.873. The topological polar surface area (TPSA) is 68.8 Å². The van der Waals surface area contributed by atoms with Crippen LogP contribution in [-0.4, -0.2) is 21.1 Å². The fourth-order valence-electron chi connectivity index (χ4n) is 3.90. The molecule has 1 aliphatic heterocycles. The molecule has 0 bridgehead atoms. The van der Waals surface area contributed by atoms with Crippen LogP contribution >= 0.6 is 0 Å². The van der Waals surface area contributed by atoms with Gasteiger partial charge < -0.3 is 15.6 Å². The summed E-state index contributed by atoms with van der Waals surface area (Å²) in [6.45, 7) is 4.22. The van der Waals surface area contributed by atoms with Crippen molar-refractivity contribution in [2.75, 3.05) is 12.3 Å². The fraction of sp³-hybridized carbons (Fsp3) is 0.500. The maximum Gasteiger partial charge on any atom is 0.152 e. The van der Waals surface area contributed by atoms with Crippen LogP contribution in [0.4, 0.5) is 5.82 Å². The van der Waals surface area contributed by atoms with E-state index in [0.717, 1.165) is 61.9 Å². The molecule has 0 radical (unpaired) electrons. The first kappa shape index (κ1) is 16.2. The van der Waals surface area contributed by atoms with Crippen molar-refractivity contribution in [2.45, 2.75) is 52.0 Å². The molecule has 4 rings (SSSR count). The van der Waals surface area contributed by atoms with Crippen molar-refractivity contribution in [2.24, 2.45) is 5.92 Å². The summed E-state index contributed by atoms with van der Waals surface area (Å²) in [7, 11) is 0. The zero-order valence-electron chi connectivity index (χ0n) is 15.0. The molecule has 2 aromatic rings. The van der Waals surface area contributed by atoms with Gasteiger partial charge in [-0.2, -0.15) is 0 Å². The zero-order valence-corrected chi connectivity index (χ0v) is 15.0. The predicted octanol–water partition coefficient (Wildman–Crippen LogP) is 1.83. The zero-order chi connectivity index (χ0) is 17.2. The smallest absolute Gasteiger partial charge is 0.152 e. The molecule has 0 spiro atoms. The third kappa shape index (κ3) is 3.03. The van der Waals surface area contributed by atoms with Crippen LogP contribution in [0, 0.1) is 5.92 Å². The average Bonchev–Trinajstić information content (AvgIpc) is 3.00. The lowest BCUT2D eigenvalue weighted by molar-refractivity contribution is 0.421. The number of imidazole rings is 1. The van der Waals surface area contributed by atoms with Crippen LogP contribution in [0.2, 0.25) is 0 Å². The highest BCUT2D eigenvalue weighted by molar-refractivity contribution is 5.86. The second-order valence-electron chi connectivity index (χ2n) is 7.13. The van der Waals surface area contributed by atoms with Gasteiger partial charge in [-0.05, 0) is 37.8 Å². The molecular weight excluding hydrogens is 310 g/mol. The van der Waals surface area contributed by atoms with Crippen LogP contribution in [-0.2, 0) is 13.0 Å². The number of fused-ring (bicyclic) bond motifs is 3. The number of nitrogen functional groups attached to an aromatic ring is 1. The number of aryl methyl sites for hydroxylation is 1. The minimum absolute atomic E-state index is 0.568. The van der Waals surface area contributed by atoms with Gasteiger partial charge in [0.2, 0.25) is 0 Å². The van der Waals surface area contributed by atoms with Crippen molar-refractivity contribution < 1.29 is 0 Å². The first-order valence-corrected chi connectivity index (χ1v) is 9.51. The predicted molar refractivity (Wildman–Crippen MR) is 103 cm³/mol. The van der Waals surface area contributed by atoms with Crippen LogP contribution in [0.1, 0.15) is 44.9 Å². The third-order valence-electron chi connectivity index (χ3n) is 5.22. The average molecular weight is 337 g/mol. The molecule has 2 aliphatic rings. The number of aromatic nitrogens is 3. The Morgan fingerprint density at radius 1 is 1.28 bits per heavy atom. The molecule has 1 unspecified atom stereocenters. The van der Waals surface area contributed by atoms with Crippen LogP contribution in [0.25, 0.3) is 23.2 Å². The van der Waals surface area contributed by atoms with E-state index in [0.29, 0.717) is 11.7 Å². The summed E-state index contributed by atoms with van der Waals surface area (Å²) in [6, 6.07) is 0. The van der Waals surface area contributed by atoms with Crippen LogP contribution in [0.3, 0.4) is 0 Å². The van der Waals surface area contributed by atoms with Gasteiger partial charge >= 0.3 is 0 Å². The lowest BCUT2D eigenvalue weighted by Gasteiger charge is -2.21. The van der Waals surface area contributed by atoms with Crippen LogP contribution in [0.15, 0.2) is 12.3 Å². The van der Waals surface area contributed by atoms with Gasteiger partial charge in [0.05, 0.1) is 10.9 Å². The molecular formula is C20H27N5. The first-order valence-electron chi connectivity index (χ1n) is 9.51. The number of unbranched alkanes of at least 4 members (excludes halogenated alkanes) is 1. The number of nitrogens with one attached hydrogen (secondary N) is 1. The van der Waals surface area contributed by atoms with Gasteiger partial charge in [0.25, 0.3) is 0 Å². The number of pyridine rings is 1. The number of allylic oxidation sites excluding steroid dienone is 1. The number of nitrogens with two attached hydrogens (primary N) is 1. The van der Waals surface area contributed by atoms with Crippen molar-refractivity contribution in [3.05, 3.63) is 28.7 Å². The molecule has 2 aromatic heterocycles. The lowest BCUT2D eigenvalue weighted by Crippen LogP contribution is -2.34. The molecule has 132 valence electrons. The SMILES string of the molecule is CCCCc1nc2c(N)nc3c(c2n1CC1CC=CNC1)=CCCC=3. The Kier molecular flexibility index (Phi) is 4.47. The Balaban J connectivity index is 1.89. The Morgan fingerprint density at radius 3 is 2.96 bits per heavy atom. The van der Waals surface area contributed by atoms with E-state index < -0.39 is 0 Å². The van der Waals surface area contributed by atoms with Crippen LogP contribution < -0.4 is 21.6 Å². The highest BCUT2D eigenvalue weighted by Crippen LogP contribution is 2.21. The molecule has 25 heavy (non-hydrogen) atoms. The van der Waals surface area contributed by atoms with Gasteiger partial charge in [-0.25, -0.2) is 9.97 Å². The monoisotopic (exact) mass is 337 g/mol. The van der Waals surface area contributed by atoms with Crippen molar-refractivity contribution in [3.8, 4) is 0 Å². The normalized spacial score (nSPS) is 19.2. The molecule has 0 fully saturated rings. The Hall–Kier alpha value is -2.30. The van der Waals surface area contributed by atoms with E-state index >= 15 is 0 Å². The minimum atomic E-state index is 0.568. The summed E-state index contributed by atoms with van der Waals surface area (Å²) >= 11 is 0. The number of hydrogen-bond acceptors (Lipinski definition) is 4. The molecule has 0 aromatic carbocycles. The van der Waals surface area contributed by atoms with Crippen molar-refractivity contribution in [3.63, 3.8) is 0 Å². The van der Waals surface area contributed by atoms with Gasteiger partial charge in [0, 0.05) is 24.7 Å². The van der Waals surface area contributed by atoms with Crippen molar-refractivity contribution in [1.29, 1.82) is 0 Å². The summed E-state index contributed by atoms with van der Waals surface area (Å²) in [6.07, 6.45) is 15.3. The van der Waals surface area contributed by atoms with Gasteiger partial charge in [0.15, 0.2) is 5.82 Å². The van der Waals surface area contributed by atoms with E-state index in [4.69, 9.17) is 10.7 Å². The van der Waals surface area contributed by atoms with Gasteiger partial charge in [-0.15, -0.1) is 0 Å². The molecule has 3 N–H and O–H groups in total. The minimum Gasteiger partial charge on any atom is -0.391 e. The summed E-state index contributed by atoms with van der Waals surface area (Å²) < 4.78 is 2.43. The molecule has 5 heteroatoms. The highest BCUT2D eigenvalue weighted by atomic mass is 15.1. The van der Waals surface area contributed by atoms with Gasteiger partial charge in [-0.1, -0.05) is 31.6 Å². The number of nitrogens with zero attached hydrogens (tertiary/aromatic N) is 3. The van der Waals surface area contributed by atoms with E-state index in [1.807, 2.05) is 0 Å². The number of rotatable bonds is 5. The second-order valence-corrected chi connectivity index (χ2v) is 7.13. The Morgan fingerprint density at radius 2 is 2.16 bits per heavy atom. The molecule has 3 heterocycles. The van der Waals surface area contributed by atoms with Crippen molar-refractivity contribution >= 4 is 29.0 Å². The first-order chi connectivity index (χ1) is 12.3. The van der Waals surface area contributed by atoms with E-state index in [1.54, 1.807) is 0 Å². The van der Waals surface area contributed by atoms with Gasteiger partial charge in [0.1, 0.15) is 11.3 Å².